The lowest BCUT2D eigenvalue weighted by Gasteiger charge is -2.20. The largest absolute Gasteiger partial charge is 0.483 e. The van der Waals surface area contributed by atoms with Crippen LogP contribution in [0, 0.1) is 5.82 Å². The molecule has 28 heavy (non-hydrogen) atoms. The predicted octanol–water partition coefficient (Wildman–Crippen LogP) is 4.75. The van der Waals surface area contributed by atoms with E-state index in [1.165, 1.54) is 12.1 Å². The molecule has 0 radical (unpaired) electrons. The fourth-order valence-electron chi connectivity index (χ4n) is 2.41. The number of benzene rings is 2. The number of hydrogen-bond donors (Lipinski definition) is 2. The van der Waals surface area contributed by atoms with Gasteiger partial charge in [-0.3, -0.25) is 10.1 Å². The van der Waals surface area contributed by atoms with Crippen LogP contribution in [0.1, 0.15) is 33.3 Å². The van der Waals surface area contributed by atoms with Crippen molar-refractivity contribution in [3.8, 4) is 5.75 Å². The van der Waals surface area contributed by atoms with Gasteiger partial charge in [-0.25, -0.2) is 9.18 Å². The maximum absolute atomic E-state index is 13.6. The van der Waals surface area contributed by atoms with Crippen LogP contribution in [-0.4, -0.2) is 24.2 Å². The third-order valence-electron chi connectivity index (χ3n) is 3.60. The Bertz CT molecular complexity index is 847. The Labute approximate surface area is 164 Å². The molecule has 0 aliphatic carbocycles. The second-order valence-electron chi connectivity index (χ2n) is 7.11. The molecular weight excluding hydrogens is 363 g/mol. The van der Waals surface area contributed by atoms with Gasteiger partial charge in [-0.15, -0.1) is 0 Å². The summed E-state index contributed by atoms with van der Waals surface area (Å²) < 4.78 is 24.4. The monoisotopic (exact) mass is 388 g/mol. The van der Waals surface area contributed by atoms with Crippen LogP contribution in [0.5, 0.6) is 5.75 Å². The Morgan fingerprint density at radius 1 is 1.04 bits per heavy atom. The molecule has 2 aromatic carbocycles. The fourth-order valence-corrected chi connectivity index (χ4v) is 2.41. The number of aryl methyl sites for hydroxylation is 1. The number of para-hydroxylation sites is 1. The molecule has 0 aliphatic heterocycles. The lowest BCUT2D eigenvalue weighted by molar-refractivity contribution is -0.118. The number of hydrogen-bond acceptors (Lipinski definition) is 4. The molecule has 0 fully saturated rings. The zero-order chi connectivity index (χ0) is 20.7. The van der Waals surface area contributed by atoms with Crippen molar-refractivity contribution < 1.29 is 23.5 Å². The van der Waals surface area contributed by atoms with Crippen molar-refractivity contribution >= 4 is 23.4 Å². The first-order valence-corrected chi connectivity index (χ1v) is 8.98. The molecule has 0 bridgehead atoms. The third kappa shape index (κ3) is 6.57. The average Bonchev–Trinajstić information content (AvgIpc) is 2.61. The summed E-state index contributed by atoms with van der Waals surface area (Å²) in [6, 6.07) is 11.1. The summed E-state index contributed by atoms with van der Waals surface area (Å²) in [5.74, 6) is -0.419. The SMILES string of the molecule is CCc1ccccc1OCC(=O)Nc1cc(F)ccc1NC(=O)OC(C)(C)C. The van der Waals surface area contributed by atoms with E-state index in [1.54, 1.807) is 26.8 Å². The van der Waals surface area contributed by atoms with Crippen molar-refractivity contribution in [2.75, 3.05) is 17.2 Å². The van der Waals surface area contributed by atoms with E-state index in [4.69, 9.17) is 9.47 Å². The molecule has 0 aromatic heterocycles. The second kappa shape index (κ2) is 9.21. The molecular formula is C21H25FN2O4. The van der Waals surface area contributed by atoms with E-state index in [1.807, 2.05) is 25.1 Å². The molecule has 0 spiro atoms. The molecule has 150 valence electrons. The van der Waals surface area contributed by atoms with E-state index in [2.05, 4.69) is 10.6 Å². The van der Waals surface area contributed by atoms with Gasteiger partial charge in [-0.1, -0.05) is 25.1 Å². The number of anilines is 2. The number of rotatable bonds is 6. The third-order valence-corrected chi connectivity index (χ3v) is 3.60. The van der Waals surface area contributed by atoms with E-state index < -0.39 is 23.4 Å². The van der Waals surface area contributed by atoms with Gasteiger partial charge < -0.3 is 14.8 Å². The van der Waals surface area contributed by atoms with E-state index in [0.29, 0.717) is 5.75 Å². The van der Waals surface area contributed by atoms with Crippen LogP contribution < -0.4 is 15.4 Å². The number of ether oxygens (including phenoxy) is 2. The van der Waals surface area contributed by atoms with Crippen molar-refractivity contribution in [1.82, 2.24) is 0 Å². The molecule has 2 amide bonds. The highest BCUT2D eigenvalue weighted by Gasteiger charge is 2.18. The summed E-state index contributed by atoms with van der Waals surface area (Å²) in [7, 11) is 0. The van der Waals surface area contributed by atoms with Gasteiger partial charge >= 0.3 is 6.09 Å². The summed E-state index contributed by atoms with van der Waals surface area (Å²) in [6.45, 7) is 6.92. The summed E-state index contributed by atoms with van der Waals surface area (Å²) in [5.41, 5.74) is 0.628. The van der Waals surface area contributed by atoms with Crippen LogP contribution in [0.15, 0.2) is 42.5 Å². The highest BCUT2D eigenvalue weighted by Crippen LogP contribution is 2.24. The maximum atomic E-state index is 13.6. The Hall–Kier alpha value is -3.09. The summed E-state index contributed by atoms with van der Waals surface area (Å²) >= 11 is 0. The van der Waals surface area contributed by atoms with Crippen LogP contribution in [0.3, 0.4) is 0 Å². The molecule has 0 aliphatic rings. The molecule has 0 heterocycles. The first-order chi connectivity index (χ1) is 13.2. The van der Waals surface area contributed by atoms with Crippen molar-refractivity contribution in [3.05, 3.63) is 53.8 Å². The van der Waals surface area contributed by atoms with Gasteiger partial charge in [0, 0.05) is 0 Å². The van der Waals surface area contributed by atoms with Crippen molar-refractivity contribution in [2.45, 2.75) is 39.7 Å². The predicted molar refractivity (Wildman–Crippen MR) is 106 cm³/mol. The molecule has 0 saturated carbocycles. The number of carbonyl (C=O) groups excluding carboxylic acids is 2. The Kier molecular flexibility index (Phi) is 6.98. The molecule has 0 saturated heterocycles. The highest BCUT2D eigenvalue weighted by atomic mass is 19.1. The number of nitrogens with one attached hydrogen (secondary N) is 2. The fraction of sp³-hybridized carbons (Fsp3) is 0.333. The average molecular weight is 388 g/mol. The Balaban J connectivity index is 2.05. The Morgan fingerprint density at radius 3 is 2.43 bits per heavy atom. The minimum atomic E-state index is -0.706. The topological polar surface area (TPSA) is 76.7 Å². The lowest BCUT2D eigenvalue weighted by Crippen LogP contribution is -2.28. The van der Waals surface area contributed by atoms with Gasteiger partial charge in [0.2, 0.25) is 0 Å². The van der Waals surface area contributed by atoms with Crippen molar-refractivity contribution in [2.24, 2.45) is 0 Å². The number of halogens is 1. The summed E-state index contributed by atoms with van der Waals surface area (Å²) in [5, 5.41) is 5.06. The zero-order valence-electron chi connectivity index (χ0n) is 16.5. The minimum absolute atomic E-state index is 0.114. The molecule has 7 heteroatoms. The van der Waals surface area contributed by atoms with Crippen LogP contribution in [0.25, 0.3) is 0 Å². The molecule has 0 atom stereocenters. The van der Waals surface area contributed by atoms with Gasteiger partial charge in [0.25, 0.3) is 5.91 Å². The first kappa shape index (κ1) is 21.2. The zero-order valence-corrected chi connectivity index (χ0v) is 16.5. The van der Waals surface area contributed by atoms with E-state index in [-0.39, 0.29) is 18.0 Å². The molecule has 0 unspecified atom stereocenters. The number of amides is 2. The first-order valence-electron chi connectivity index (χ1n) is 8.98. The smallest absolute Gasteiger partial charge is 0.412 e. The second-order valence-corrected chi connectivity index (χ2v) is 7.11. The standard InChI is InChI=1S/C21H25FN2O4/c1-5-14-8-6-7-9-18(14)27-13-19(25)23-17-12-15(22)10-11-16(17)24-20(26)28-21(2,3)4/h6-12H,5,13H2,1-4H3,(H,23,25)(H,24,26). The molecule has 2 N–H and O–H groups in total. The number of carbonyl (C=O) groups is 2. The van der Waals surface area contributed by atoms with Crippen molar-refractivity contribution in [1.29, 1.82) is 0 Å². The van der Waals surface area contributed by atoms with Gasteiger partial charge in [0.15, 0.2) is 6.61 Å². The normalized spacial score (nSPS) is 10.9. The summed E-state index contributed by atoms with van der Waals surface area (Å²) in [6.07, 6.45) is 0.0637. The van der Waals surface area contributed by atoms with E-state index in [9.17, 15) is 14.0 Å². The maximum Gasteiger partial charge on any atom is 0.412 e. The van der Waals surface area contributed by atoms with Crippen LogP contribution in [0.4, 0.5) is 20.6 Å². The molecule has 2 aromatic rings. The van der Waals surface area contributed by atoms with Gasteiger partial charge in [0.1, 0.15) is 17.2 Å². The van der Waals surface area contributed by atoms with E-state index in [0.717, 1.165) is 18.1 Å². The van der Waals surface area contributed by atoms with Crippen LogP contribution in [0.2, 0.25) is 0 Å². The Morgan fingerprint density at radius 2 is 1.75 bits per heavy atom. The molecule has 6 nitrogen and oxygen atoms in total. The van der Waals surface area contributed by atoms with Crippen LogP contribution >= 0.6 is 0 Å². The lowest BCUT2D eigenvalue weighted by atomic mass is 10.1. The highest BCUT2D eigenvalue weighted by molar-refractivity contribution is 5.98. The van der Waals surface area contributed by atoms with Crippen molar-refractivity contribution in [3.63, 3.8) is 0 Å². The molecule has 2 rings (SSSR count). The van der Waals surface area contributed by atoms with Gasteiger partial charge in [-0.05, 0) is 57.0 Å². The quantitative estimate of drug-likeness (QED) is 0.748. The van der Waals surface area contributed by atoms with Gasteiger partial charge in [0.05, 0.1) is 11.4 Å². The van der Waals surface area contributed by atoms with Gasteiger partial charge in [-0.2, -0.15) is 0 Å². The van der Waals surface area contributed by atoms with E-state index >= 15 is 0 Å². The minimum Gasteiger partial charge on any atom is -0.483 e. The van der Waals surface area contributed by atoms with Crippen LogP contribution in [-0.2, 0) is 16.0 Å². The summed E-state index contributed by atoms with van der Waals surface area (Å²) in [4.78, 5) is 24.2.